The Morgan fingerprint density at radius 1 is 1.12 bits per heavy atom. The summed E-state index contributed by atoms with van der Waals surface area (Å²) in [5, 5.41) is 13.3. The van der Waals surface area contributed by atoms with Gasteiger partial charge in [-0.25, -0.2) is 0 Å². The second kappa shape index (κ2) is 10.7. The Morgan fingerprint density at radius 2 is 1.69 bits per heavy atom. The summed E-state index contributed by atoms with van der Waals surface area (Å²) in [5.41, 5.74) is 5.13. The molecule has 0 aliphatic heterocycles. The summed E-state index contributed by atoms with van der Waals surface area (Å²) in [6, 6.07) is -1.88. The maximum absolute atomic E-state index is 12.2. The summed E-state index contributed by atoms with van der Waals surface area (Å²) < 4.78 is 5.17. The summed E-state index contributed by atoms with van der Waals surface area (Å²) in [6.07, 6.45) is 0.296. The Labute approximate surface area is 154 Å². The number of nitrogens with one attached hydrogen (secondary N) is 2. The lowest BCUT2D eigenvalue weighted by atomic mass is 10.0. The molecule has 150 valence electrons. The number of carbonyl (C=O) groups is 4. The first-order chi connectivity index (χ1) is 11.8. The molecule has 0 heterocycles. The molecule has 0 aromatic heterocycles. The Morgan fingerprint density at radius 3 is 2.15 bits per heavy atom. The zero-order chi connectivity index (χ0) is 20.5. The first-order valence-electron chi connectivity index (χ1n) is 8.59. The van der Waals surface area contributed by atoms with E-state index in [1.807, 2.05) is 13.8 Å². The van der Waals surface area contributed by atoms with E-state index in [0.29, 0.717) is 6.42 Å². The fourth-order valence-electron chi connectivity index (χ4n) is 2.10. The van der Waals surface area contributed by atoms with Crippen molar-refractivity contribution >= 4 is 23.8 Å². The van der Waals surface area contributed by atoms with Gasteiger partial charge in [0, 0.05) is 6.42 Å². The number of carbonyl (C=O) groups excluding carboxylic acids is 3. The van der Waals surface area contributed by atoms with Crippen LogP contribution in [0.3, 0.4) is 0 Å². The molecule has 0 aliphatic carbocycles. The predicted molar refractivity (Wildman–Crippen MR) is 95.1 cm³/mol. The molecule has 0 rings (SSSR count). The smallest absolute Gasteiger partial charge is 0.322 e. The van der Waals surface area contributed by atoms with Crippen LogP contribution in [-0.2, 0) is 23.9 Å². The topological polar surface area (TPSA) is 148 Å². The average molecular weight is 373 g/mol. The van der Waals surface area contributed by atoms with E-state index in [-0.39, 0.29) is 18.8 Å². The lowest BCUT2D eigenvalue weighted by Gasteiger charge is -2.22. The third-order valence-electron chi connectivity index (χ3n) is 3.17. The van der Waals surface area contributed by atoms with Crippen LogP contribution in [0.4, 0.5) is 0 Å². The molecule has 0 aromatic rings. The van der Waals surface area contributed by atoms with Crippen LogP contribution < -0.4 is 16.4 Å². The number of nitrogens with two attached hydrogens (primary N) is 1. The largest absolute Gasteiger partial charge is 0.480 e. The number of ether oxygens (including phenoxy) is 1. The van der Waals surface area contributed by atoms with E-state index in [1.165, 1.54) is 0 Å². The highest BCUT2D eigenvalue weighted by molar-refractivity contribution is 5.91. The zero-order valence-corrected chi connectivity index (χ0v) is 16.1. The highest BCUT2D eigenvalue weighted by atomic mass is 16.6. The van der Waals surface area contributed by atoms with Crippen molar-refractivity contribution in [3.05, 3.63) is 0 Å². The molecule has 5 N–H and O–H groups in total. The molecule has 0 saturated heterocycles. The van der Waals surface area contributed by atoms with E-state index in [4.69, 9.17) is 15.6 Å². The van der Waals surface area contributed by atoms with Crippen LogP contribution in [0.25, 0.3) is 0 Å². The molecule has 2 atom stereocenters. The fraction of sp³-hybridized carbons (Fsp3) is 0.765. The Kier molecular flexibility index (Phi) is 9.85. The Hall–Kier alpha value is -2.16. The fourth-order valence-corrected chi connectivity index (χ4v) is 2.10. The standard InChI is InChI=1S/C17H31N3O6/c1-10(2)8-11(18)15(24)20-12(16(25)19-9-13(21)22)6-7-14(23)26-17(3,4)5/h10-12H,6-9,18H2,1-5H3,(H,19,25)(H,20,24)(H,21,22)/t11-,12-/m0/s1. The second-order valence-corrected chi connectivity index (χ2v) is 7.53. The number of hydrogen-bond donors (Lipinski definition) is 4. The molecule has 9 nitrogen and oxygen atoms in total. The molecule has 0 unspecified atom stereocenters. The first-order valence-corrected chi connectivity index (χ1v) is 8.59. The van der Waals surface area contributed by atoms with Gasteiger partial charge in [0.1, 0.15) is 18.2 Å². The van der Waals surface area contributed by atoms with Gasteiger partial charge in [-0.3, -0.25) is 19.2 Å². The quantitative estimate of drug-likeness (QED) is 0.399. The summed E-state index contributed by atoms with van der Waals surface area (Å²) in [4.78, 5) is 46.7. The SMILES string of the molecule is CC(C)C[C@H](N)C(=O)N[C@@H](CCC(=O)OC(C)(C)C)C(=O)NCC(=O)O. The van der Waals surface area contributed by atoms with Crippen LogP contribution in [0, 0.1) is 5.92 Å². The van der Waals surface area contributed by atoms with Crippen LogP contribution in [0.1, 0.15) is 53.9 Å². The van der Waals surface area contributed by atoms with Crippen LogP contribution >= 0.6 is 0 Å². The summed E-state index contributed by atoms with van der Waals surface area (Å²) in [6.45, 7) is 8.38. The molecule has 0 spiro atoms. The van der Waals surface area contributed by atoms with Gasteiger partial charge in [-0.1, -0.05) is 13.8 Å². The Balaban J connectivity index is 4.89. The van der Waals surface area contributed by atoms with Gasteiger partial charge in [0.15, 0.2) is 0 Å². The van der Waals surface area contributed by atoms with E-state index in [0.717, 1.165) is 0 Å². The van der Waals surface area contributed by atoms with E-state index < -0.39 is 48.0 Å². The lowest BCUT2D eigenvalue weighted by molar-refractivity contribution is -0.155. The van der Waals surface area contributed by atoms with Crippen LogP contribution in [-0.4, -0.2) is 53.1 Å². The molecule has 0 aliphatic rings. The van der Waals surface area contributed by atoms with Gasteiger partial charge >= 0.3 is 11.9 Å². The average Bonchev–Trinajstić information content (AvgIpc) is 2.46. The maximum atomic E-state index is 12.2. The third-order valence-corrected chi connectivity index (χ3v) is 3.17. The van der Waals surface area contributed by atoms with E-state index >= 15 is 0 Å². The van der Waals surface area contributed by atoms with Crippen LogP contribution in [0.5, 0.6) is 0 Å². The monoisotopic (exact) mass is 373 g/mol. The first kappa shape index (κ1) is 23.8. The van der Waals surface area contributed by atoms with Gasteiger partial charge in [0.25, 0.3) is 0 Å². The number of carboxylic acids is 1. The van der Waals surface area contributed by atoms with Gasteiger partial charge in [-0.05, 0) is 39.5 Å². The highest BCUT2D eigenvalue weighted by Crippen LogP contribution is 2.10. The highest BCUT2D eigenvalue weighted by Gasteiger charge is 2.26. The minimum absolute atomic E-state index is 0.0273. The van der Waals surface area contributed by atoms with Crippen molar-refractivity contribution in [1.29, 1.82) is 0 Å². The maximum Gasteiger partial charge on any atom is 0.322 e. The van der Waals surface area contributed by atoms with E-state index in [1.54, 1.807) is 20.8 Å². The van der Waals surface area contributed by atoms with Crippen molar-refractivity contribution in [2.75, 3.05) is 6.54 Å². The summed E-state index contributed by atoms with van der Waals surface area (Å²) in [7, 11) is 0. The number of esters is 1. The second-order valence-electron chi connectivity index (χ2n) is 7.53. The van der Waals surface area contributed by atoms with Crippen LogP contribution in [0.15, 0.2) is 0 Å². The van der Waals surface area contributed by atoms with Crippen molar-refractivity contribution in [3.8, 4) is 0 Å². The molecule has 26 heavy (non-hydrogen) atoms. The normalized spacial score (nSPS) is 13.7. The van der Waals surface area contributed by atoms with Gasteiger partial charge in [0.05, 0.1) is 6.04 Å². The van der Waals surface area contributed by atoms with Crippen molar-refractivity contribution < 1.29 is 29.0 Å². The number of amides is 2. The summed E-state index contributed by atoms with van der Waals surface area (Å²) >= 11 is 0. The lowest BCUT2D eigenvalue weighted by Crippen LogP contribution is -2.52. The summed E-state index contributed by atoms with van der Waals surface area (Å²) in [5.74, 6) is -2.77. The molecule has 0 fully saturated rings. The molecule has 9 heteroatoms. The minimum Gasteiger partial charge on any atom is -0.480 e. The van der Waals surface area contributed by atoms with Crippen molar-refractivity contribution in [2.24, 2.45) is 11.7 Å². The van der Waals surface area contributed by atoms with Gasteiger partial charge in [0.2, 0.25) is 11.8 Å². The molecule has 0 radical (unpaired) electrons. The Bertz CT molecular complexity index is 513. The van der Waals surface area contributed by atoms with Crippen molar-refractivity contribution in [2.45, 2.75) is 71.6 Å². The van der Waals surface area contributed by atoms with Crippen LogP contribution in [0.2, 0.25) is 0 Å². The molecule has 2 amide bonds. The number of rotatable bonds is 10. The number of aliphatic carboxylic acids is 1. The molecular formula is C17H31N3O6. The van der Waals surface area contributed by atoms with E-state index in [9.17, 15) is 19.2 Å². The molecular weight excluding hydrogens is 342 g/mol. The van der Waals surface area contributed by atoms with Gasteiger partial charge in [-0.2, -0.15) is 0 Å². The van der Waals surface area contributed by atoms with Gasteiger partial charge in [-0.15, -0.1) is 0 Å². The van der Waals surface area contributed by atoms with Crippen molar-refractivity contribution in [1.82, 2.24) is 10.6 Å². The molecule has 0 saturated carbocycles. The third kappa shape index (κ3) is 11.4. The van der Waals surface area contributed by atoms with Gasteiger partial charge < -0.3 is 26.2 Å². The predicted octanol–water partition coefficient (Wildman–Crippen LogP) is 0.167. The molecule has 0 bridgehead atoms. The molecule has 0 aromatic carbocycles. The zero-order valence-electron chi connectivity index (χ0n) is 16.1. The van der Waals surface area contributed by atoms with Crippen molar-refractivity contribution in [3.63, 3.8) is 0 Å². The number of hydrogen-bond acceptors (Lipinski definition) is 6. The minimum atomic E-state index is -1.22. The number of carboxylic acid groups (broad SMARTS) is 1. The van der Waals surface area contributed by atoms with E-state index in [2.05, 4.69) is 10.6 Å².